The van der Waals surface area contributed by atoms with Crippen LogP contribution in [0, 0.1) is 0 Å². The Morgan fingerprint density at radius 3 is 2.68 bits per heavy atom. The fourth-order valence-corrected chi connectivity index (χ4v) is 1.56. The van der Waals surface area contributed by atoms with Crippen LogP contribution >= 0.6 is 0 Å². The van der Waals surface area contributed by atoms with E-state index < -0.39 is 0 Å². The fraction of sp³-hybridized carbons (Fsp3) is 0.769. The number of nitrogens with one attached hydrogen (secondary N) is 1. The summed E-state index contributed by atoms with van der Waals surface area (Å²) in [6.45, 7) is 6.05. The molecule has 0 saturated carbocycles. The summed E-state index contributed by atoms with van der Waals surface area (Å²) in [6, 6.07) is 0. The van der Waals surface area contributed by atoms with E-state index in [1.807, 2.05) is 27.8 Å². The van der Waals surface area contributed by atoms with Crippen LogP contribution in [0.1, 0.15) is 45.6 Å². The van der Waals surface area contributed by atoms with Crippen molar-refractivity contribution < 1.29 is 14.8 Å². The average Bonchev–Trinajstić information content (AvgIpc) is 2.65. The second-order valence-corrected chi connectivity index (χ2v) is 5.53. The van der Waals surface area contributed by atoms with Crippen LogP contribution in [0.3, 0.4) is 0 Å². The van der Waals surface area contributed by atoms with Crippen molar-refractivity contribution >= 4 is 0 Å². The first-order chi connectivity index (χ1) is 8.94. The van der Waals surface area contributed by atoms with Gasteiger partial charge in [-0.2, -0.15) is 5.10 Å². The lowest BCUT2D eigenvalue weighted by molar-refractivity contribution is -0.178. The fourth-order valence-electron chi connectivity index (χ4n) is 1.56. The number of rotatable bonds is 8. The van der Waals surface area contributed by atoms with Gasteiger partial charge in [-0.1, -0.05) is 6.42 Å². The van der Waals surface area contributed by atoms with Gasteiger partial charge in [0.2, 0.25) is 5.88 Å². The third kappa shape index (κ3) is 6.04. The molecule has 0 saturated heterocycles. The number of aryl methyl sites for hydroxylation is 2. The molecule has 0 spiro atoms. The highest BCUT2D eigenvalue weighted by molar-refractivity contribution is 5.23. The summed E-state index contributed by atoms with van der Waals surface area (Å²) >= 11 is 0. The van der Waals surface area contributed by atoms with Gasteiger partial charge in [-0.3, -0.25) is 4.84 Å². The first-order valence-corrected chi connectivity index (χ1v) is 6.65. The Bertz CT molecular complexity index is 372. The Balaban J connectivity index is 2.45. The van der Waals surface area contributed by atoms with Crippen LogP contribution in [0.5, 0.6) is 5.88 Å². The molecule has 1 rings (SSSR count). The van der Waals surface area contributed by atoms with Gasteiger partial charge in [0.15, 0.2) is 0 Å². The first kappa shape index (κ1) is 15.9. The van der Waals surface area contributed by atoms with Crippen LogP contribution in [-0.4, -0.2) is 27.1 Å². The Labute approximate surface area is 114 Å². The van der Waals surface area contributed by atoms with Crippen molar-refractivity contribution in [2.24, 2.45) is 7.05 Å². The molecule has 0 radical (unpaired) electrons. The molecule has 0 aliphatic carbocycles. The van der Waals surface area contributed by atoms with Gasteiger partial charge in [-0.25, -0.2) is 4.68 Å². The molecule has 0 atom stereocenters. The highest BCUT2D eigenvalue weighted by atomic mass is 16.9. The minimum Gasteiger partial charge on any atom is -0.396 e. The number of aliphatic hydroxyl groups excluding tert-OH is 1. The summed E-state index contributed by atoms with van der Waals surface area (Å²) in [6.07, 6.45) is 5.51. The lowest BCUT2D eigenvalue weighted by Gasteiger charge is -2.19. The van der Waals surface area contributed by atoms with Crippen LogP contribution in [0.15, 0.2) is 6.20 Å². The van der Waals surface area contributed by atoms with Gasteiger partial charge in [0, 0.05) is 19.2 Å². The van der Waals surface area contributed by atoms with E-state index >= 15 is 0 Å². The summed E-state index contributed by atoms with van der Waals surface area (Å²) in [7, 11) is 1.82. The number of aromatic nitrogens is 2. The minimum atomic E-state index is -0.320. The standard InChI is InChI=1S/C13H25N3O3/c1-13(2,3)19-15-18-12-11(10-14-16(12)4)8-6-5-7-9-17/h10,15,17H,5-9H2,1-4H3. The summed E-state index contributed by atoms with van der Waals surface area (Å²) in [5.74, 6) is 0.660. The van der Waals surface area contributed by atoms with Gasteiger partial charge >= 0.3 is 0 Å². The average molecular weight is 271 g/mol. The topological polar surface area (TPSA) is 68.5 Å². The zero-order chi connectivity index (χ0) is 14.3. The van der Waals surface area contributed by atoms with Crippen LogP contribution in [0.25, 0.3) is 0 Å². The third-order valence-corrected chi connectivity index (χ3v) is 2.55. The Kier molecular flexibility index (Phi) is 6.27. The van der Waals surface area contributed by atoms with E-state index in [4.69, 9.17) is 14.8 Å². The number of hydrogen-bond acceptors (Lipinski definition) is 5. The van der Waals surface area contributed by atoms with Crippen LogP contribution in [0.4, 0.5) is 0 Å². The second-order valence-electron chi connectivity index (χ2n) is 5.53. The maximum Gasteiger partial charge on any atom is 0.242 e. The molecule has 6 heteroatoms. The molecule has 0 bridgehead atoms. The van der Waals surface area contributed by atoms with E-state index in [1.165, 1.54) is 0 Å². The van der Waals surface area contributed by atoms with E-state index in [1.54, 1.807) is 10.9 Å². The van der Waals surface area contributed by atoms with Crippen molar-refractivity contribution in [1.82, 2.24) is 15.4 Å². The summed E-state index contributed by atoms with van der Waals surface area (Å²) in [4.78, 5) is 10.7. The van der Waals surface area contributed by atoms with Crippen LogP contribution in [-0.2, 0) is 18.3 Å². The lowest BCUT2D eigenvalue weighted by Crippen LogP contribution is -2.32. The van der Waals surface area contributed by atoms with E-state index in [0.29, 0.717) is 5.88 Å². The molecule has 0 fully saturated rings. The largest absolute Gasteiger partial charge is 0.396 e. The SMILES string of the molecule is Cn1ncc(CCCCCO)c1ONOC(C)(C)C. The predicted molar refractivity (Wildman–Crippen MR) is 72.5 cm³/mol. The normalized spacial score (nSPS) is 11.8. The Morgan fingerprint density at radius 2 is 2.05 bits per heavy atom. The predicted octanol–water partition coefficient (Wildman–Crippen LogP) is 1.74. The molecule has 110 valence electrons. The van der Waals surface area contributed by atoms with Crippen molar-refractivity contribution in [3.63, 3.8) is 0 Å². The van der Waals surface area contributed by atoms with Crippen LogP contribution < -0.4 is 10.5 Å². The van der Waals surface area contributed by atoms with Crippen molar-refractivity contribution in [2.75, 3.05) is 6.61 Å². The number of hydrogen-bond donors (Lipinski definition) is 2. The smallest absolute Gasteiger partial charge is 0.242 e. The summed E-state index contributed by atoms with van der Waals surface area (Å²) in [5.41, 5.74) is 3.22. The summed E-state index contributed by atoms with van der Waals surface area (Å²) in [5, 5.41) is 12.9. The number of nitrogens with zero attached hydrogens (tertiary/aromatic N) is 2. The molecule has 1 heterocycles. The third-order valence-electron chi connectivity index (χ3n) is 2.55. The molecule has 6 nitrogen and oxygen atoms in total. The molecule has 0 amide bonds. The van der Waals surface area contributed by atoms with E-state index in [2.05, 4.69) is 10.7 Å². The van der Waals surface area contributed by atoms with Crippen molar-refractivity contribution in [2.45, 2.75) is 52.1 Å². The van der Waals surface area contributed by atoms with E-state index in [0.717, 1.165) is 31.2 Å². The molecule has 1 aromatic rings. The molecular formula is C13H25N3O3. The van der Waals surface area contributed by atoms with Gasteiger partial charge in [-0.15, -0.1) is 0 Å². The monoisotopic (exact) mass is 271 g/mol. The summed E-state index contributed by atoms with van der Waals surface area (Å²) < 4.78 is 1.67. The van der Waals surface area contributed by atoms with Gasteiger partial charge in [0.25, 0.3) is 0 Å². The highest BCUT2D eigenvalue weighted by Gasteiger charge is 2.14. The number of unbranched alkanes of at least 4 members (excludes halogenated alkanes) is 2. The molecule has 2 N–H and O–H groups in total. The molecule has 1 aromatic heterocycles. The van der Waals surface area contributed by atoms with Gasteiger partial charge in [0.05, 0.1) is 11.8 Å². The molecule has 19 heavy (non-hydrogen) atoms. The Morgan fingerprint density at radius 1 is 1.32 bits per heavy atom. The number of aliphatic hydroxyl groups is 1. The van der Waals surface area contributed by atoms with Crippen molar-refractivity contribution in [3.05, 3.63) is 11.8 Å². The van der Waals surface area contributed by atoms with E-state index in [-0.39, 0.29) is 12.2 Å². The maximum absolute atomic E-state index is 8.75. The lowest BCUT2D eigenvalue weighted by atomic mass is 10.1. The molecular weight excluding hydrogens is 246 g/mol. The molecule has 0 aliphatic rings. The van der Waals surface area contributed by atoms with Crippen molar-refractivity contribution in [1.29, 1.82) is 0 Å². The van der Waals surface area contributed by atoms with Gasteiger partial charge in [0.1, 0.15) is 0 Å². The zero-order valence-electron chi connectivity index (χ0n) is 12.3. The maximum atomic E-state index is 8.75. The Hall–Kier alpha value is -1.11. The minimum absolute atomic E-state index is 0.247. The quantitative estimate of drug-likeness (QED) is 0.557. The van der Waals surface area contributed by atoms with Gasteiger partial charge in [-0.05, 0) is 45.7 Å². The molecule has 0 aromatic carbocycles. The first-order valence-electron chi connectivity index (χ1n) is 6.65. The van der Waals surface area contributed by atoms with Crippen molar-refractivity contribution in [3.8, 4) is 5.88 Å². The zero-order valence-corrected chi connectivity index (χ0v) is 12.3. The van der Waals surface area contributed by atoms with Crippen LogP contribution in [0.2, 0.25) is 0 Å². The highest BCUT2D eigenvalue weighted by Crippen LogP contribution is 2.19. The molecule has 0 unspecified atom stereocenters. The van der Waals surface area contributed by atoms with Gasteiger partial charge < -0.3 is 9.94 Å². The second kappa shape index (κ2) is 7.47. The van der Waals surface area contributed by atoms with E-state index in [9.17, 15) is 0 Å². The molecule has 0 aliphatic heterocycles.